The number of hydrogen-bond acceptors (Lipinski definition) is 8. The fourth-order valence-electron chi connectivity index (χ4n) is 4.32. The first-order valence-electron chi connectivity index (χ1n) is 14.4. The van der Waals surface area contributed by atoms with Crippen molar-refractivity contribution in [3.05, 3.63) is 137 Å². The monoisotopic (exact) mass is 665 g/mol. The summed E-state index contributed by atoms with van der Waals surface area (Å²) in [4.78, 5) is 45.1. The molecule has 0 fully saturated rings. The van der Waals surface area contributed by atoms with E-state index in [1.54, 1.807) is 42.5 Å². The molecule has 0 spiro atoms. The summed E-state index contributed by atoms with van der Waals surface area (Å²) < 4.78 is 4.29. The maximum Gasteiger partial charge on any atom is 0.272 e. The van der Waals surface area contributed by atoms with Gasteiger partial charge in [0, 0.05) is 27.7 Å². The lowest BCUT2D eigenvalue weighted by molar-refractivity contribution is -0.116. The predicted molar refractivity (Wildman–Crippen MR) is 188 cm³/mol. The number of carbonyl (C=O) groups is 3. The van der Waals surface area contributed by atoms with Gasteiger partial charge in [0.15, 0.2) is 0 Å². The molecule has 0 saturated carbocycles. The van der Waals surface area contributed by atoms with Gasteiger partial charge in [-0.25, -0.2) is 0 Å². The third-order valence-corrected chi connectivity index (χ3v) is 9.38. The van der Waals surface area contributed by atoms with Crippen LogP contribution in [0.2, 0.25) is 0 Å². The Hall–Kier alpha value is -4.71. The van der Waals surface area contributed by atoms with E-state index in [1.165, 1.54) is 23.5 Å². The SMILES string of the molecule is CCSc1nsc(NC(=O)C(Sc2ccc(NC(=O)/C(=C/c3ccccc3C)NC(=O)c3ccccc3)cc2)c2ccccc2)n1. The van der Waals surface area contributed by atoms with E-state index in [0.29, 0.717) is 21.5 Å². The van der Waals surface area contributed by atoms with E-state index in [2.05, 4.69) is 25.3 Å². The molecule has 1 aromatic heterocycles. The molecule has 5 aromatic rings. The third-order valence-electron chi connectivity index (χ3n) is 6.63. The Morgan fingerprint density at radius 3 is 2.22 bits per heavy atom. The Morgan fingerprint density at radius 2 is 1.52 bits per heavy atom. The molecule has 0 radical (unpaired) electrons. The molecular weight excluding hydrogens is 635 g/mol. The molecule has 5 rings (SSSR count). The number of amides is 3. The quantitative estimate of drug-likeness (QED) is 0.0919. The molecule has 11 heteroatoms. The topological polar surface area (TPSA) is 113 Å². The summed E-state index contributed by atoms with van der Waals surface area (Å²) in [5.74, 6) is -0.220. The second kappa shape index (κ2) is 16.0. The van der Waals surface area contributed by atoms with Crippen molar-refractivity contribution in [2.45, 2.75) is 29.1 Å². The van der Waals surface area contributed by atoms with Crippen LogP contribution in [-0.4, -0.2) is 32.8 Å². The molecule has 0 aliphatic heterocycles. The van der Waals surface area contributed by atoms with Crippen LogP contribution in [0.25, 0.3) is 6.08 Å². The summed E-state index contributed by atoms with van der Waals surface area (Å²) in [5, 5.41) is 9.13. The zero-order valence-corrected chi connectivity index (χ0v) is 27.5. The molecule has 46 heavy (non-hydrogen) atoms. The number of rotatable bonds is 12. The first-order chi connectivity index (χ1) is 22.4. The highest BCUT2D eigenvalue weighted by Gasteiger charge is 2.24. The van der Waals surface area contributed by atoms with Gasteiger partial charge in [-0.2, -0.15) is 9.36 Å². The molecule has 3 amide bonds. The maximum absolute atomic E-state index is 13.5. The highest BCUT2D eigenvalue weighted by Crippen LogP contribution is 2.37. The second-order valence-electron chi connectivity index (χ2n) is 9.93. The zero-order chi connectivity index (χ0) is 32.3. The number of nitrogens with zero attached hydrogens (tertiary/aromatic N) is 2. The van der Waals surface area contributed by atoms with Crippen molar-refractivity contribution in [2.24, 2.45) is 0 Å². The van der Waals surface area contributed by atoms with Crippen molar-refractivity contribution in [3.63, 3.8) is 0 Å². The van der Waals surface area contributed by atoms with Gasteiger partial charge in [0.2, 0.25) is 16.2 Å². The Labute approximate surface area is 280 Å². The first kappa shape index (κ1) is 32.7. The van der Waals surface area contributed by atoms with Crippen LogP contribution in [0, 0.1) is 6.92 Å². The van der Waals surface area contributed by atoms with E-state index in [-0.39, 0.29) is 17.5 Å². The molecule has 1 atom stereocenters. The van der Waals surface area contributed by atoms with Gasteiger partial charge in [0.05, 0.1) is 0 Å². The first-order valence-corrected chi connectivity index (χ1v) is 17.1. The van der Waals surface area contributed by atoms with E-state index < -0.39 is 11.2 Å². The van der Waals surface area contributed by atoms with Gasteiger partial charge in [-0.15, -0.1) is 11.8 Å². The highest BCUT2D eigenvalue weighted by atomic mass is 32.2. The molecule has 1 unspecified atom stereocenters. The molecule has 3 N–H and O–H groups in total. The Bertz CT molecular complexity index is 1830. The lowest BCUT2D eigenvalue weighted by atomic mass is 10.1. The van der Waals surface area contributed by atoms with Crippen molar-refractivity contribution in [1.29, 1.82) is 0 Å². The van der Waals surface area contributed by atoms with Gasteiger partial charge >= 0.3 is 0 Å². The average Bonchev–Trinajstić information content (AvgIpc) is 3.52. The number of aromatic nitrogens is 2. The van der Waals surface area contributed by atoms with Crippen LogP contribution in [0.1, 0.15) is 39.2 Å². The molecule has 1 heterocycles. The lowest BCUT2D eigenvalue weighted by Crippen LogP contribution is -2.30. The number of hydrogen-bond donors (Lipinski definition) is 3. The van der Waals surface area contributed by atoms with E-state index in [1.807, 2.05) is 86.6 Å². The fraction of sp³-hybridized carbons (Fsp3) is 0.114. The smallest absolute Gasteiger partial charge is 0.272 e. The Morgan fingerprint density at radius 1 is 0.848 bits per heavy atom. The molecule has 0 aliphatic rings. The second-order valence-corrected chi connectivity index (χ2v) is 13.1. The third kappa shape index (κ3) is 8.94. The summed E-state index contributed by atoms with van der Waals surface area (Å²) in [5.41, 5.74) is 3.71. The summed E-state index contributed by atoms with van der Waals surface area (Å²) in [6.45, 7) is 3.96. The minimum atomic E-state index is -0.551. The summed E-state index contributed by atoms with van der Waals surface area (Å²) in [6.07, 6.45) is 1.67. The molecule has 4 aromatic carbocycles. The number of thioether (sulfide) groups is 2. The van der Waals surface area contributed by atoms with Crippen LogP contribution in [0.5, 0.6) is 0 Å². The normalized spacial score (nSPS) is 11.8. The number of nitrogens with one attached hydrogen (secondary N) is 3. The van der Waals surface area contributed by atoms with E-state index >= 15 is 0 Å². The molecule has 0 aliphatic carbocycles. The number of aryl methyl sites for hydroxylation is 1. The van der Waals surface area contributed by atoms with Gasteiger partial charge in [0.25, 0.3) is 11.8 Å². The van der Waals surface area contributed by atoms with Crippen molar-refractivity contribution in [2.75, 3.05) is 16.4 Å². The largest absolute Gasteiger partial charge is 0.321 e. The van der Waals surface area contributed by atoms with Gasteiger partial charge in [-0.3, -0.25) is 19.7 Å². The van der Waals surface area contributed by atoms with Crippen LogP contribution >= 0.6 is 35.1 Å². The van der Waals surface area contributed by atoms with Crippen LogP contribution in [0.15, 0.2) is 125 Å². The van der Waals surface area contributed by atoms with Gasteiger partial charge < -0.3 is 10.6 Å². The van der Waals surface area contributed by atoms with Gasteiger partial charge in [-0.05, 0) is 71.8 Å². The number of anilines is 2. The Balaban J connectivity index is 1.32. The number of carbonyl (C=O) groups excluding carboxylic acids is 3. The summed E-state index contributed by atoms with van der Waals surface area (Å²) in [7, 11) is 0. The molecule has 0 saturated heterocycles. The van der Waals surface area contributed by atoms with Crippen LogP contribution in [-0.2, 0) is 9.59 Å². The highest BCUT2D eigenvalue weighted by molar-refractivity contribution is 8.00. The van der Waals surface area contributed by atoms with E-state index in [4.69, 9.17) is 0 Å². The van der Waals surface area contributed by atoms with Crippen LogP contribution in [0.3, 0.4) is 0 Å². The summed E-state index contributed by atoms with van der Waals surface area (Å²) >= 11 is 4.06. The molecule has 0 bridgehead atoms. The van der Waals surface area contributed by atoms with E-state index in [9.17, 15) is 14.4 Å². The number of benzene rings is 4. The maximum atomic E-state index is 13.5. The molecule has 232 valence electrons. The fourth-order valence-corrected chi connectivity index (χ4v) is 6.62. The van der Waals surface area contributed by atoms with Crippen LogP contribution in [0.4, 0.5) is 10.8 Å². The standard InChI is InChI=1S/C35H31N5O3S3/c1-3-44-35-39-34(46-40-35)38-33(43)30(24-13-6-4-7-14-24)45-28-20-18-27(19-21-28)36-32(42)29(22-26-17-11-10-12-23(26)2)37-31(41)25-15-8-5-9-16-25/h4-22,30H,3H2,1-2H3,(H,36,42)(H,37,41)(H,38,39,40,43)/b29-22-. The predicted octanol–water partition coefficient (Wildman–Crippen LogP) is 7.84. The van der Waals surface area contributed by atoms with Crippen molar-refractivity contribution < 1.29 is 14.4 Å². The van der Waals surface area contributed by atoms with Crippen molar-refractivity contribution >= 4 is 69.7 Å². The average molecular weight is 666 g/mol. The minimum Gasteiger partial charge on any atom is -0.321 e. The lowest BCUT2D eigenvalue weighted by Gasteiger charge is -2.16. The summed E-state index contributed by atoms with van der Waals surface area (Å²) in [6, 6.07) is 33.1. The van der Waals surface area contributed by atoms with Gasteiger partial charge in [-0.1, -0.05) is 91.5 Å². The van der Waals surface area contributed by atoms with Crippen molar-refractivity contribution in [1.82, 2.24) is 14.7 Å². The van der Waals surface area contributed by atoms with Crippen LogP contribution < -0.4 is 16.0 Å². The minimum absolute atomic E-state index is 0.111. The van der Waals surface area contributed by atoms with E-state index in [0.717, 1.165) is 38.9 Å². The molecule has 8 nitrogen and oxygen atoms in total. The Kier molecular flexibility index (Phi) is 11.4. The zero-order valence-electron chi connectivity index (χ0n) is 25.1. The van der Waals surface area contributed by atoms with Crippen molar-refractivity contribution in [3.8, 4) is 0 Å². The van der Waals surface area contributed by atoms with Gasteiger partial charge in [0.1, 0.15) is 10.9 Å². The molecular formula is C35H31N5O3S3.